The van der Waals surface area contributed by atoms with E-state index >= 15 is 0 Å². The van der Waals surface area contributed by atoms with Crippen molar-refractivity contribution in [3.8, 4) is 5.40 Å². The predicted molar refractivity (Wildman–Crippen MR) is 68.6 cm³/mol. The van der Waals surface area contributed by atoms with Gasteiger partial charge in [0.05, 0.1) is 0 Å². The van der Waals surface area contributed by atoms with Gasteiger partial charge in [-0.25, -0.2) is 0 Å². The van der Waals surface area contributed by atoms with E-state index in [1.54, 1.807) is 41.5 Å². The van der Waals surface area contributed by atoms with Gasteiger partial charge in [0, 0.05) is 18.3 Å². The molecule has 0 saturated heterocycles. The molecule has 0 amide bonds. The average molecular weight is 279 g/mol. The third-order valence-corrected chi connectivity index (χ3v) is 0. The fourth-order valence-corrected chi connectivity index (χ4v) is 0. The van der Waals surface area contributed by atoms with Crippen LogP contribution in [-0.4, -0.2) is 39.1 Å². The fraction of sp³-hybridized carbons (Fsp3) is 0.900. The van der Waals surface area contributed by atoms with Gasteiger partial charge in [0.25, 0.3) is 0 Å². The van der Waals surface area contributed by atoms with Crippen LogP contribution < -0.4 is 29.6 Å². The molecule has 0 fully saturated rings. The number of thiocyanates is 1. The number of nitrogens with zero attached hydrogens (tertiary/aromatic N) is 1. The van der Waals surface area contributed by atoms with E-state index in [1.165, 1.54) is 5.40 Å². The summed E-state index contributed by atoms with van der Waals surface area (Å²) >= 11 is 3.09. The molecular weight excluding hydrogens is 253 g/mol. The number of thiol groups is 1. The summed E-state index contributed by atoms with van der Waals surface area (Å²) in [5.41, 5.74) is 0. The third-order valence-electron chi connectivity index (χ3n) is 0. The molecule has 0 heterocycles. The molecule has 17 heavy (non-hydrogen) atoms. The summed E-state index contributed by atoms with van der Waals surface area (Å²) in [6.07, 6.45) is -0.500. The molecule has 102 valence electrons. The summed E-state index contributed by atoms with van der Waals surface area (Å²) in [6, 6.07) is 0. The van der Waals surface area contributed by atoms with E-state index in [0.29, 0.717) is 0 Å². The first kappa shape index (κ1) is 36.1. The normalized spacial score (nSPS) is 6.82. The second-order valence-electron chi connectivity index (χ2n) is 3.38. The van der Waals surface area contributed by atoms with Crippen LogP contribution in [0.15, 0.2) is 0 Å². The zero-order valence-electron chi connectivity index (χ0n) is 11.9. The molecule has 0 aromatic rings. The maximum atomic E-state index is 8.06. The zero-order valence-corrected chi connectivity index (χ0v) is 14.8. The minimum Gasteiger partial charge on any atom is -0.870 e. The van der Waals surface area contributed by atoms with Crippen LogP contribution >= 0.6 is 12.6 Å². The maximum absolute atomic E-state index is 8.06. The van der Waals surface area contributed by atoms with Gasteiger partial charge in [-0.05, 0) is 41.5 Å². The van der Waals surface area contributed by atoms with Crippen LogP contribution in [0.5, 0.6) is 0 Å². The summed E-state index contributed by atoms with van der Waals surface area (Å²) in [6.45, 7) is 10.3. The van der Waals surface area contributed by atoms with Crippen molar-refractivity contribution in [2.45, 2.75) is 59.9 Å². The molecule has 0 saturated carbocycles. The molecule has 0 radical (unpaired) electrons. The number of aliphatic hydroxyl groups is 3. The van der Waals surface area contributed by atoms with Crippen LogP contribution in [0.4, 0.5) is 0 Å². The molecule has 0 aliphatic heterocycles. The minimum absolute atomic E-state index is 0. The number of hydrogen-bond acceptors (Lipinski definition) is 6. The van der Waals surface area contributed by atoms with Crippen molar-refractivity contribution >= 4 is 12.6 Å². The van der Waals surface area contributed by atoms with E-state index in [0.717, 1.165) is 0 Å². The van der Waals surface area contributed by atoms with Gasteiger partial charge in [-0.15, -0.1) is 0 Å². The van der Waals surface area contributed by atoms with Crippen LogP contribution in [-0.2, 0) is 0 Å². The SMILES string of the molecule is CC(C)O.CC(C)O.CC(C)O.N#CS.[Na+].[OH-]. The Morgan fingerprint density at radius 2 is 0.824 bits per heavy atom. The van der Waals surface area contributed by atoms with Gasteiger partial charge >= 0.3 is 29.6 Å². The average Bonchev–Trinajstić information content (AvgIpc) is 1.81. The Kier molecular flexibility index (Phi) is 76.3. The summed E-state index contributed by atoms with van der Waals surface area (Å²) in [5, 5.41) is 32.8. The molecule has 0 aromatic heterocycles. The van der Waals surface area contributed by atoms with Crippen molar-refractivity contribution in [1.82, 2.24) is 0 Å². The molecule has 7 heteroatoms. The van der Waals surface area contributed by atoms with Crippen molar-refractivity contribution in [1.29, 1.82) is 5.26 Å². The molecule has 0 spiro atoms. The van der Waals surface area contributed by atoms with E-state index in [1.807, 2.05) is 0 Å². The molecule has 0 atom stereocenters. The van der Waals surface area contributed by atoms with Crippen LogP contribution in [0.1, 0.15) is 41.5 Å². The first-order chi connectivity index (χ1) is 6.61. The largest absolute Gasteiger partial charge is 1.00 e. The molecule has 4 N–H and O–H groups in total. The number of nitriles is 1. The summed E-state index contributed by atoms with van der Waals surface area (Å²) in [7, 11) is 0. The van der Waals surface area contributed by atoms with Gasteiger partial charge in [-0.3, -0.25) is 0 Å². The molecule has 0 rings (SSSR count). The predicted octanol–water partition coefficient (Wildman–Crippen LogP) is -1.61. The Balaban J connectivity index is -0.0000000230. The first-order valence-electron chi connectivity index (χ1n) is 4.69. The molecule has 5 nitrogen and oxygen atoms in total. The Morgan fingerprint density at radius 3 is 0.824 bits per heavy atom. The van der Waals surface area contributed by atoms with Crippen LogP contribution in [0, 0.1) is 10.7 Å². The summed E-state index contributed by atoms with van der Waals surface area (Å²) in [5.74, 6) is 0. The van der Waals surface area contributed by atoms with E-state index in [2.05, 4.69) is 12.6 Å². The zero-order chi connectivity index (χ0) is 13.4. The van der Waals surface area contributed by atoms with Gasteiger partial charge in [0.1, 0.15) is 5.40 Å². The van der Waals surface area contributed by atoms with Gasteiger partial charge in [-0.1, -0.05) is 12.6 Å². The molecule has 0 aromatic carbocycles. The van der Waals surface area contributed by atoms with E-state index in [-0.39, 0.29) is 53.3 Å². The molecular formula is C10H26NNaO4S. The van der Waals surface area contributed by atoms with Gasteiger partial charge in [0.15, 0.2) is 0 Å². The Labute approximate surface area is 133 Å². The van der Waals surface area contributed by atoms with Crippen molar-refractivity contribution < 1.29 is 50.4 Å². The van der Waals surface area contributed by atoms with Crippen LogP contribution in [0.25, 0.3) is 0 Å². The summed E-state index contributed by atoms with van der Waals surface area (Å²) in [4.78, 5) is 0. The van der Waals surface area contributed by atoms with E-state index in [9.17, 15) is 0 Å². The van der Waals surface area contributed by atoms with Crippen molar-refractivity contribution in [2.75, 3.05) is 0 Å². The monoisotopic (exact) mass is 279 g/mol. The first-order valence-corrected chi connectivity index (χ1v) is 5.13. The van der Waals surface area contributed by atoms with Crippen LogP contribution in [0.3, 0.4) is 0 Å². The second kappa shape index (κ2) is 36.0. The molecule has 0 aliphatic carbocycles. The number of rotatable bonds is 0. The molecule has 0 aliphatic rings. The van der Waals surface area contributed by atoms with Crippen LogP contribution in [0.2, 0.25) is 0 Å². The number of aliphatic hydroxyl groups excluding tert-OH is 3. The molecule has 0 bridgehead atoms. The van der Waals surface area contributed by atoms with Crippen molar-refractivity contribution in [2.24, 2.45) is 0 Å². The Morgan fingerprint density at radius 1 is 0.824 bits per heavy atom. The van der Waals surface area contributed by atoms with Crippen molar-refractivity contribution in [3.63, 3.8) is 0 Å². The topological polar surface area (TPSA) is 114 Å². The standard InChI is InChI=1S/3C3H8O.CHNS.Na.H2O/c3*1-3(2)4;2-1-3;;/h3*3-4H,1-2H3;3H;;1H2/q;;;;+1;/p-1. The quantitative estimate of drug-likeness (QED) is 0.242. The van der Waals surface area contributed by atoms with Crippen molar-refractivity contribution in [3.05, 3.63) is 0 Å². The summed E-state index contributed by atoms with van der Waals surface area (Å²) < 4.78 is 0. The second-order valence-corrected chi connectivity index (χ2v) is 3.58. The minimum atomic E-state index is -0.167. The number of hydrogen-bond donors (Lipinski definition) is 4. The molecule has 0 unspecified atom stereocenters. The van der Waals surface area contributed by atoms with Gasteiger partial charge in [-0.2, -0.15) is 5.26 Å². The van der Waals surface area contributed by atoms with Gasteiger partial charge < -0.3 is 20.8 Å². The van der Waals surface area contributed by atoms with E-state index in [4.69, 9.17) is 20.6 Å². The van der Waals surface area contributed by atoms with E-state index < -0.39 is 0 Å². The Hall–Kier alpha value is 0.680. The third kappa shape index (κ3) is 7770. The Bertz CT molecular complexity index is 107. The smallest absolute Gasteiger partial charge is 0.870 e. The van der Waals surface area contributed by atoms with Gasteiger partial charge in [0.2, 0.25) is 0 Å². The maximum Gasteiger partial charge on any atom is 1.00 e. The fourth-order valence-electron chi connectivity index (χ4n) is 0.